The fourth-order valence-corrected chi connectivity index (χ4v) is 2.71. The van der Waals surface area contributed by atoms with Crippen molar-refractivity contribution in [2.45, 2.75) is 19.3 Å². The van der Waals surface area contributed by atoms with E-state index >= 15 is 0 Å². The summed E-state index contributed by atoms with van der Waals surface area (Å²) in [6, 6.07) is 12.2. The van der Waals surface area contributed by atoms with Crippen molar-refractivity contribution >= 4 is 28.7 Å². The topological polar surface area (TPSA) is 42.1 Å². The Morgan fingerprint density at radius 3 is 2.60 bits per heavy atom. The first-order valence-electron chi connectivity index (χ1n) is 6.77. The van der Waals surface area contributed by atoms with Crippen LogP contribution in [0.4, 0.5) is 11.5 Å². The molecule has 1 aliphatic rings. The van der Waals surface area contributed by atoms with E-state index in [0.29, 0.717) is 4.99 Å². The molecule has 4 heteroatoms. The van der Waals surface area contributed by atoms with Crippen LogP contribution >= 0.6 is 12.2 Å². The zero-order chi connectivity index (χ0) is 14.1. The minimum Gasteiger partial charge on any atom is -0.389 e. The molecule has 0 saturated heterocycles. The zero-order valence-electron chi connectivity index (χ0n) is 11.5. The van der Waals surface area contributed by atoms with Crippen LogP contribution in [0.2, 0.25) is 0 Å². The molecule has 0 bridgehead atoms. The molecule has 3 nitrogen and oxygen atoms in total. The molecule has 1 heterocycles. The Morgan fingerprint density at radius 2 is 1.90 bits per heavy atom. The average molecular weight is 283 g/mol. The molecule has 3 rings (SSSR count). The molecular formula is C16H17N3S. The third kappa shape index (κ3) is 2.39. The first-order chi connectivity index (χ1) is 9.65. The lowest BCUT2D eigenvalue weighted by Crippen LogP contribution is -2.13. The van der Waals surface area contributed by atoms with Gasteiger partial charge in [-0.15, -0.1) is 0 Å². The highest BCUT2D eigenvalue weighted by atomic mass is 32.1. The van der Waals surface area contributed by atoms with E-state index in [2.05, 4.69) is 17.0 Å². The summed E-state index contributed by atoms with van der Waals surface area (Å²) in [5.74, 6) is 0.980. The van der Waals surface area contributed by atoms with Gasteiger partial charge in [0.15, 0.2) is 0 Å². The number of thiocarbonyl (C=S) groups is 1. The molecule has 0 unspecified atom stereocenters. The molecule has 0 aliphatic heterocycles. The molecule has 0 atom stereocenters. The number of benzene rings is 1. The van der Waals surface area contributed by atoms with Crippen LogP contribution in [0.15, 0.2) is 36.4 Å². The Labute approximate surface area is 124 Å². The summed E-state index contributed by atoms with van der Waals surface area (Å²) in [6.07, 6.45) is 3.48. The highest BCUT2D eigenvalue weighted by Gasteiger charge is 2.14. The first kappa shape index (κ1) is 13.1. The first-order valence-corrected chi connectivity index (χ1v) is 7.18. The molecule has 20 heavy (non-hydrogen) atoms. The largest absolute Gasteiger partial charge is 0.389 e. The predicted octanol–water partition coefficient (Wildman–Crippen LogP) is 2.97. The molecule has 1 aliphatic carbocycles. The van der Waals surface area contributed by atoms with Crippen molar-refractivity contribution in [2.24, 2.45) is 5.73 Å². The highest BCUT2D eigenvalue weighted by Crippen LogP contribution is 2.26. The number of pyridine rings is 1. The molecule has 0 radical (unpaired) electrons. The Balaban J connectivity index is 1.88. The van der Waals surface area contributed by atoms with Crippen molar-refractivity contribution in [2.75, 3.05) is 11.9 Å². The van der Waals surface area contributed by atoms with Crippen molar-refractivity contribution in [1.82, 2.24) is 4.98 Å². The van der Waals surface area contributed by atoms with E-state index < -0.39 is 0 Å². The molecule has 0 amide bonds. The predicted molar refractivity (Wildman–Crippen MR) is 86.7 cm³/mol. The number of aryl methyl sites for hydroxylation is 2. The molecule has 102 valence electrons. The Bertz CT molecular complexity index is 649. The second kappa shape index (κ2) is 5.21. The van der Waals surface area contributed by atoms with Crippen LogP contribution in [0.5, 0.6) is 0 Å². The SMILES string of the molecule is CN(c1ccc(C(N)=S)cc1)c1ccc2c(n1)CCC2. The van der Waals surface area contributed by atoms with Crippen LogP contribution in [0.1, 0.15) is 23.2 Å². The summed E-state index contributed by atoms with van der Waals surface area (Å²) in [5.41, 5.74) is 10.2. The zero-order valence-corrected chi connectivity index (χ0v) is 12.3. The maximum Gasteiger partial charge on any atom is 0.132 e. The van der Waals surface area contributed by atoms with Gasteiger partial charge in [0.2, 0.25) is 0 Å². The van der Waals surface area contributed by atoms with E-state index in [-0.39, 0.29) is 0 Å². The summed E-state index contributed by atoms with van der Waals surface area (Å²) < 4.78 is 0. The second-order valence-corrected chi connectivity index (χ2v) is 5.54. The molecule has 0 spiro atoms. The number of hydrogen-bond acceptors (Lipinski definition) is 3. The minimum atomic E-state index is 0.426. The van der Waals surface area contributed by atoms with Crippen molar-refractivity contribution in [3.8, 4) is 0 Å². The lowest BCUT2D eigenvalue weighted by molar-refractivity contribution is 0.898. The average Bonchev–Trinajstić information content (AvgIpc) is 2.94. The Morgan fingerprint density at radius 1 is 1.15 bits per heavy atom. The van der Waals surface area contributed by atoms with Gasteiger partial charge >= 0.3 is 0 Å². The van der Waals surface area contributed by atoms with E-state index in [9.17, 15) is 0 Å². The van der Waals surface area contributed by atoms with Crippen LogP contribution in [-0.2, 0) is 12.8 Å². The van der Waals surface area contributed by atoms with Crippen LogP contribution in [0.25, 0.3) is 0 Å². The van der Waals surface area contributed by atoms with Crippen molar-refractivity contribution < 1.29 is 0 Å². The van der Waals surface area contributed by atoms with Gasteiger partial charge in [-0.2, -0.15) is 0 Å². The van der Waals surface area contributed by atoms with Crippen LogP contribution in [0.3, 0.4) is 0 Å². The number of anilines is 2. The second-order valence-electron chi connectivity index (χ2n) is 5.10. The van der Waals surface area contributed by atoms with E-state index in [4.69, 9.17) is 22.9 Å². The van der Waals surface area contributed by atoms with Crippen LogP contribution < -0.4 is 10.6 Å². The van der Waals surface area contributed by atoms with E-state index in [0.717, 1.165) is 29.9 Å². The van der Waals surface area contributed by atoms with Gasteiger partial charge in [-0.25, -0.2) is 4.98 Å². The van der Waals surface area contributed by atoms with E-state index in [1.54, 1.807) is 0 Å². The molecule has 2 N–H and O–H groups in total. The maximum atomic E-state index is 5.62. The fraction of sp³-hybridized carbons (Fsp3) is 0.250. The number of rotatable bonds is 3. The van der Waals surface area contributed by atoms with E-state index in [1.165, 1.54) is 17.7 Å². The summed E-state index contributed by atoms with van der Waals surface area (Å²) in [5, 5.41) is 0. The van der Waals surface area contributed by atoms with Gasteiger partial charge in [0, 0.05) is 24.0 Å². The quantitative estimate of drug-likeness (QED) is 0.879. The standard InChI is InChI=1S/C16H17N3S/c1-19(13-8-5-12(6-9-13)16(17)20)15-10-7-11-3-2-4-14(11)18-15/h5-10H,2-4H2,1H3,(H2,17,20). The molecule has 0 saturated carbocycles. The maximum absolute atomic E-state index is 5.62. The number of nitrogens with two attached hydrogens (primary N) is 1. The highest BCUT2D eigenvalue weighted by molar-refractivity contribution is 7.80. The van der Waals surface area contributed by atoms with Gasteiger partial charge in [-0.05, 0) is 55.2 Å². The molecular weight excluding hydrogens is 266 g/mol. The lowest BCUT2D eigenvalue weighted by Gasteiger charge is -2.19. The summed E-state index contributed by atoms with van der Waals surface area (Å²) in [7, 11) is 2.03. The van der Waals surface area contributed by atoms with E-state index in [1.807, 2.05) is 31.3 Å². The number of aromatic nitrogens is 1. The smallest absolute Gasteiger partial charge is 0.132 e. The van der Waals surface area contributed by atoms with Gasteiger partial charge in [-0.1, -0.05) is 18.3 Å². The summed E-state index contributed by atoms with van der Waals surface area (Å²) in [6.45, 7) is 0. The van der Waals surface area contributed by atoms with Gasteiger partial charge in [0.1, 0.15) is 10.8 Å². The summed E-state index contributed by atoms with van der Waals surface area (Å²) in [4.78, 5) is 7.27. The molecule has 1 aromatic carbocycles. The molecule has 2 aromatic rings. The Kier molecular flexibility index (Phi) is 3.40. The molecule has 1 aromatic heterocycles. The van der Waals surface area contributed by atoms with Gasteiger partial charge in [-0.3, -0.25) is 0 Å². The van der Waals surface area contributed by atoms with Gasteiger partial charge < -0.3 is 10.6 Å². The lowest BCUT2D eigenvalue weighted by atomic mass is 10.2. The van der Waals surface area contributed by atoms with Crippen LogP contribution in [-0.4, -0.2) is 17.0 Å². The number of fused-ring (bicyclic) bond motifs is 1. The number of nitrogens with zero attached hydrogens (tertiary/aromatic N) is 2. The third-order valence-corrected chi connectivity index (χ3v) is 4.03. The fourth-order valence-electron chi connectivity index (χ4n) is 2.58. The van der Waals surface area contributed by atoms with Crippen LogP contribution in [0, 0.1) is 0 Å². The minimum absolute atomic E-state index is 0.426. The van der Waals surface area contributed by atoms with Crippen molar-refractivity contribution in [1.29, 1.82) is 0 Å². The monoisotopic (exact) mass is 283 g/mol. The Hall–Kier alpha value is -1.94. The van der Waals surface area contributed by atoms with Crippen molar-refractivity contribution in [3.05, 3.63) is 53.2 Å². The molecule has 0 fully saturated rings. The third-order valence-electron chi connectivity index (χ3n) is 3.80. The van der Waals surface area contributed by atoms with Crippen molar-refractivity contribution in [3.63, 3.8) is 0 Å². The summed E-state index contributed by atoms with van der Waals surface area (Å²) >= 11 is 4.97. The normalized spacial score (nSPS) is 13.1. The van der Waals surface area contributed by atoms with Gasteiger partial charge in [0.25, 0.3) is 0 Å². The van der Waals surface area contributed by atoms with Gasteiger partial charge in [0.05, 0.1) is 0 Å². The number of hydrogen-bond donors (Lipinski definition) is 1.